The molecule has 7 nitrogen and oxygen atoms in total. The van der Waals surface area contributed by atoms with Crippen molar-refractivity contribution in [3.05, 3.63) is 29.8 Å². The molecular formula is C23H32N2O5S. The molecule has 2 aliphatic carbocycles. The van der Waals surface area contributed by atoms with E-state index >= 15 is 0 Å². The number of nitrogens with zero attached hydrogens (tertiary/aromatic N) is 1. The summed E-state index contributed by atoms with van der Waals surface area (Å²) in [6, 6.07) is 7.91. The van der Waals surface area contributed by atoms with Gasteiger partial charge in [0.15, 0.2) is 10.9 Å². The van der Waals surface area contributed by atoms with Crippen LogP contribution in [-0.2, 0) is 30.4 Å². The molecule has 4 aliphatic rings. The van der Waals surface area contributed by atoms with Crippen molar-refractivity contribution in [1.29, 1.82) is 0 Å². The van der Waals surface area contributed by atoms with Crippen LogP contribution in [0.1, 0.15) is 45.1 Å². The van der Waals surface area contributed by atoms with Gasteiger partial charge in [0.25, 0.3) is 0 Å². The molecule has 31 heavy (non-hydrogen) atoms. The zero-order chi connectivity index (χ0) is 22.1. The molecule has 4 fully saturated rings. The Morgan fingerprint density at radius 2 is 1.61 bits per heavy atom. The first-order valence-corrected chi connectivity index (χ1v) is 12.4. The van der Waals surface area contributed by atoms with Crippen LogP contribution in [0.4, 0.5) is 0 Å². The normalized spacial score (nSPS) is 31.7. The van der Waals surface area contributed by atoms with Gasteiger partial charge in [-0.15, -0.1) is 4.31 Å². The third-order valence-electron chi connectivity index (χ3n) is 6.14. The molecule has 0 aromatic heterocycles. The molecule has 2 saturated carbocycles. The maximum atomic E-state index is 12.6. The van der Waals surface area contributed by atoms with E-state index in [-0.39, 0.29) is 30.1 Å². The van der Waals surface area contributed by atoms with E-state index < -0.39 is 11.4 Å². The molecule has 0 bridgehead atoms. The minimum Gasteiger partial charge on any atom is -0.593 e. The first-order chi connectivity index (χ1) is 15.0. The van der Waals surface area contributed by atoms with Gasteiger partial charge < -0.3 is 14.0 Å². The highest BCUT2D eigenvalue weighted by Gasteiger charge is 2.67. The SMILES string of the molecule is CCOC(=O)[C@@H]1N[C@@H]1C1CC1.CCOC(=O)[C@H]1[C@@H](C2CC2)N1[S+]([O-])c1ccc(C)cc1. The predicted octanol–water partition coefficient (Wildman–Crippen LogP) is 2.34. The highest BCUT2D eigenvalue weighted by molar-refractivity contribution is 7.89. The van der Waals surface area contributed by atoms with Crippen molar-refractivity contribution in [2.75, 3.05) is 13.2 Å². The zero-order valence-electron chi connectivity index (χ0n) is 18.4. The minimum atomic E-state index is -1.26. The molecule has 5 rings (SSSR count). The molecule has 1 N–H and O–H groups in total. The first-order valence-electron chi connectivity index (χ1n) is 11.3. The summed E-state index contributed by atoms with van der Waals surface area (Å²) in [6.07, 6.45) is 4.82. The third kappa shape index (κ3) is 5.42. The van der Waals surface area contributed by atoms with E-state index in [0.29, 0.717) is 25.2 Å². The van der Waals surface area contributed by atoms with Crippen molar-refractivity contribution in [2.24, 2.45) is 11.8 Å². The first kappa shape index (κ1) is 22.6. The van der Waals surface area contributed by atoms with Crippen LogP contribution in [0.15, 0.2) is 29.2 Å². The second-order valence-electron chi connectivity index (χ2n) is 8.71. The molecule has 0 radical (unpaired) electrons. The summed E-state index contributed by atoms with van der Waals surface area (Å²) >= 11 is -1.26. The number of esters is 2. The van der Waals surface area contributed by atoms with Gasteiger partial charge in [-0.2, -0.15) is 0 Å². The predicted molar refractivity (Wildman–Crippen MR) is 116 cm³/mol. The van der Waals surface area contributed by atoms with Gasteiger partial charge in [-0.3, -0.25) is 14.9 Å². The molecule has 2 saturated heterocycles. The van der Waals surface area contributed by atoms with Gasteiger partial charge in [0.1, 0.15) is 6.04 Å². The van der Waals surface area contributed by atoms with Crippen LogP contribution in [0, 0.1) is 18.8 Å². The van der Waals surface area contributed by atoms with Crippen LogP contribution in [0.5, 0.6) is 0 Å². The summed E-state index contributed by atoms with van der Waals surface area (Å²) in [5.41, 5.74) is 1.14. The van der Waals surface area contributed by atoms with E-state index in [9.17, 15) is 14.1 Å². The topological polar surface area (TPSA) is 101 Å². The average Bonchev–Trinajstić information content (AvgIpc) is 3.61. The van der Waals surface area contributed by atoms with E-state index in [1.54, 1.807) is 11.2 Å². The second-order valence-corrected chi connectivity index (χ2v) is 10.1. The molecular weight excluding hydrogens is 416 g/mol. The van der Waals surface area contributed by atoms with Crippen LogP contribution in [0.2, 0.25) is 0 Å². The lowest BCUT2D eigenvalue weighted by molar-refractivity contribution is -0.143. The molecule has 2 aliphatic heterocycles. The quantitative estimate of drug-likeness (QED) is 0.370. The summed E-state index contributed by atoms with van der Waals surface area (Å²) in [7, 11) is 0. The molecule has 0 spiro atoms. The van der Waals surface area contributed by atoms with Gasteiger partial charge in [0.05, 0.1) is 30.6 Å². The van der Waals surface area contributed by atoms with Crippen molar-refractivity contribution >= 4 is 23.3 Å². The lowest BCUT2D eigenvalue weighted by Crippen LogP contribution is -2.21. The van der Waals surface area contributed by atoms with Crippen LogP contribution in [0.25, 0.3) is 0 Å². The summed E-state index contributed by atoms with van der Waals surface area (Å²) in [6.45, 7) is 6.50. The van der Waals surface area contributed by atoms with E-state index in [0.717, 1.165) is 29.2 Å². The molecule has 1 aromatic carbocycles. The van der Waals surface area contributed by atoms with Crippen LogP contribution >= 0.6 is 0 Å². The van der Waals surface area contributed by atoms with E-state index in [2.05, 4.69) is 5.32 Å². The molecule has 8 heteroatoms. The largest absolute Gasteiger partial charge is 0.593 e. The smallest absolute Gasteiger partial charge is 0.329 e. The number of carbonyl (C=O) groups is 2. The van der Waals surface area contributed by atoms with E-state index in [1.807, 2.05) is 38.1 Å². The Morgan fingerprint density at radius 1 is 1.03 bits per heavy atom. The van der Waals surface area contributed by atoms with Crippen LogP contribution in [0.3, 0.4) is 0 Å². The number of nitrogens with one attached hydrogen (secondary N) is 1. The Labute approximate surface area is 187 Å². The zero-order valence-corrected chi connectivity index (χ0v) is 19.2. The number of ether oxygens (including phenoxy) is 2. The maximum absolute atomic E-state index is 12.6. The number of carbonyl (C=O) groups excluding carboxylic acids is 2. The molecule has 1 aromatic rings. The average molecular weight is 449 g/mol. The maximum Gasteiger partial charge on any atom is 0.329 e. The standard InChI is InChI=1S/C15H19NO3S.C8H13NO2/c1-3-19-15(17)14-13(11-6-7-11)16(14)20(18)12-8-4-10(2)5-9-12;1-2-11-8(10)7-6(9-7)5-3-4-5/h4-5,8-9,11,13-14H,3,6-7H2,1-2H3;5-7,9H,2-4H2,1H3/t13-,14-,16?,20?;6-,7-/m11/s1. The Kier molecular flexibility index (Phi) is 6.91. The number of hydrogen-bond donors (Lipinski definition) is 1. The van der Waals surface area contributed by atoms with Gasteiger partial charge in [0.2, 0.25) is 0 Å². The highest BCUT2D eigenvalue weighted by Crippen LogP contribution is 2.50. The molecule has 170 valence electrons. The highest BCUT2D eigenvalue weighted by atomic mass is 32.2. The van der Waals surface area contributed by atoms with Crippen molar-refractivity contribution in [2.45, 2.75) is 75.5 Å². The number of rotatable bonds is 8. The van der Waals surface area contributed by atoms with Crippen molar-refractivity contribution in [3.63, 3.8) is 0 Å². The van der Waals surface area contributed by atoms with Crippen LogP contribution < -0.4 is 5.32 Å². The summed E-state index contributed by atoms with van der Waals surface area (Å²) in [5, 5.41) is 3.14. The number of aryl methyl sites for hydroxylation is 1. The molecule has 0 amide bonds. The lowest BCUT2D eigenvalue weighted by Gasteiger charge is -2.11. The Balaban J connectivity index is 0.000000177. The summed E-state index contributed by atoms with van der Waals surface area (Å²) < 4.78 is 24.4. The van der Waals surface area contributed by atoms with Crippen molar-refractivity contribution in [3.8, 4) is 0 Å². The second kappa shape index (κ2) is 9.48. The molecule has 6 atom stereocenters. The van der Waals surface area contributed by atoms with E-state index in [4.69, 9.17) is 9.47 Å². The summed E-state index contributed by atoms with van der Waals surface area (Å²) in [4.78, 5) is 23.8. The van der Waals surface area contributed by atoms with Crippen molar-refractivity contribution < 1.29 is 23.6 Å². The third-order valence-corrected chi connectivity index (χ3v) is 7.67. The van der Waals surface area contributed by atoms with Gasteiger partial charge in [-0.05, 0) is 70.4 Å². The fourth-order valence-corrected chi connectivity index (χ4v) is 5.54. The number of hydrogen-bond acceptors (Lipinski definition) is 7. The minimum absolute atomic E-state index is 0.0300. The Hall–Kier alpha value is -1.61. The fourth-order valence-electron chi connectivity index (χ4n) is 4.05. The van der Waals surface area contributed by atoms with Gasteiger partial charge in [-0.25, -0.2) is 0 Å². The van der Waals surface area contributed by atoms with Crippen LogP contribution in [-0.4, -0.2) is 58.2 Å². The Morgan fingerprint density at radius 3 is 2.16 bits per heavy atom. The van der Waals surface area contributed by atoms with E-state index in [1.165, 1.54) is 12.8 Å². The van der Waals surface area contributed by atoms with Crippen molar-refractivity contribution in [1.82, 2.24) is 9.62 Å². The number of benzene rings is 1. The molecule has 2 unspecified atom stereocenters. The monoisotopic (exact) mass is 448 g/mol. The fraction of sp³-hybridized carbons (Fsp3) is 0.652. The summed E-state index contributed by atoms with van der Waals surface area (Å²) in [5.74, 6) is 0.984. The molecule has 2 heterocycles. The Bertz CT molecular complexity index is 796. The van der Waals surface area contributed by atoms with Gasteiger partial charge >= 0.3 is 11.9 Å². The van der Waals surface area contributed by atoms with Gasteiger partial charge in [0, 0.05) is 6.04 Å². The lowest BCUT2D eigenvalue weighted by atomic mass is 10.2. The van der Waals surface area contributed by atoms with Gasteiger partial charge in [-0.1, -0.05) is 17.7 Å².